The van der Waals surface area contributed by atoms with E-state index in [-0.39, 0.29) is 11.5 Å². The first kappa shape index (κ1) is 15.2. The summed E-state index contributed by atoms with van der Waals surface area (Å²) in [6, 6.07) is 4.92. The molecule has 1 aromatic carbocycles. The van der Waals surface area contributed by atoms with E-state index < -0.39 is 5.97 Å². The van der Waals surface area contributed by atoms with Gasteiger partial charge in [-0.1, -0.05) is 11.6 Å². The average Bonchev–Trinajstić information content (AvgIpc) is 2.36. The third-order valence-electron chi connectivity index (χ3n) is 2.58. The molecule has 1 amide bonds. The fourth-order valence-electron chi connectivity index (χ4n) is 1.64. The predicted octanol–water partition coefficient (Wildman–Crippen LogP) is 2.45. The van der Waals surface area contributed by atoms with Crippen molar-refractivity contribution in [2.45, 2.75) is 26.7 Å². The van der Waals surface area contributed by atoms with Crippen LogP contribution in [0.4, 0.5) is 5.69 Å². The standard InChI is InChI=1S/C14H19NO4/c1-3-19-8-4-5-13(16)15-12-7-6-10(2)9-11(12)14(17)18/h6-7,9H,3-5,8H2,1-2H3,(H,15,16)(H,17,18). The summed E-state index contributed by atoms with van der Waals surface area (Å²) in [5, 5.41) is 11.7. The third-order valence-corrected chi connectivity index (χ3v) is 2.58. The topological polar surface area (TPSA) is 75.6 Å². The summed E-state index contributed by atoms with van der Waals surface area (Å²) in [6.07, 6.45) is 0.931. The van der Waals surface area contributed by atoms with E-state index in [0.29, 0.717) is 31.7 Å². The van der Waals surface area contributed by atoms with Crippen LogP contribution in [0.1, 0.15) is 35.7 Å². The number of carboxylic acids is 1. The number of benzene rings is 1. The zero-order valence-electron chi connectivity index (χ0n) is 11.2. The smallest absolute Gasteiger partial charge is 0.337 e. The highest BCUT2D eigenvalue weighted by Crippen LogP contribution is 2.17. The molecule has 2 N–H and O–H groups in total. The van der Waals surface area contributed by atoms with Crippen LogP contribution in [-0.4, -0.2) is 30.2 Å². The zero-order valence-corrected chi connectivity index (χ0v) is 11.2. The van der Waals surface area contributed by atoms with Crippen molar-refractivity contribution in [1.29, 1.82) is 0 Å². The molecule has 5 heteroatoms. The van der Waals surface area contributed by atoms with Crippen LogP contribution < -0.4 is 5.32 Å². The van der Waals surface area contributed by atoms with Gasteiger partial charge in [-0.15, -0.1) is 0 Å². The fourth-order valence-corrected chi connectivity index (χ4v) is 1.64. The first-order valence-corrected chi connectivity index (χ1v) is 6.26. The molecule has 0 atom stereocenters. The second-order valence-electron chi connectivity index (χ2n) is 4.20. The number of anilines is 1. The summed E-state index contributed by atoms with van der Waals surface area (Å²) in [5.41, 5.74) is 1.28. The highest BCUT2D eigenvalue weighted by molar-refractivity contribution is 6.00. The van der Waals surface area contributed by atoms with Gasteiger partial charge in [0, 0.05) is 19.6 Å². The second kappa shape index (κ2) is 7.53. The molecule has 104 valence electrons. The molecule has 0 bridgehead atoms. The molecular formula is C14H19NO4. The van der Waals surface area contributed by atoms with E-state index in [1.807, 2.05) is 6.92 Å². The quantitative estimate of drug-likeness (QED) is 0.742. The number of carboxylic acid groups (broad SMARTS) is 1. The summed E-state index contributed by atoms with van der Waals surface area (Å²) in [4.78, 5) is 22.8. The molecule has 0 aliphatic rings. The van der Waals surface area contributed by atoms with Crippen molar-refractivity contribution >= 4 is 17.6 Å². The van der Waals surface area contributed by atoms with Gasteiger partial charge in [0.1, 0.15) is 0 Å². The molecule has 0 fully saturated rings. The second-order valence-corrected chi connectivity index (χ2v) is 4.20. The van der Waals surface area contributed by atoms with Gasteiger partial charge in [0.25, 0.3) is 0 Å². The van der Waals surface area contributed by atoms with Gasteiger partial charge in [-0.2, -0.15) is 0 Å². The molecule has 0 saturated carbocycles. The molecule has 0 saturated heterocycles. The van der Waals surface area contributed by atoms with Crippen LogP contribution in [0.5, 0.6) is 0 Å². The van der Waals surface area contributed by atoms with Crippen LogP contribution >= 0.6 is 0 Å². The van der Waals surface area contributed by atoms with Crippen molar-refractivity contribution in [3.8, 4) is 0 Å². The Bertz CT molecular complexity index is 457. The van der Waals surface area contributed by atoms with Gasteiger partial charge < -0.3 is 15.2 Å². The van der Waals surface area contributed by atoms with Crippen LogP contribution in [0.2, 0.25) is 0 Å². The minimum atomic E-state index is -1.05. The molecule has 5 nitrogen and oxygen atoms in total. The lowest BCUT2D eigenvalue weighted by Crippen LogP contribution is -2.15. The molecule has 1 aromatic rings. The minimum absolute atomic E-state index is 0.109. The molecule has 0 spiro atoms. The number of nitrogens with one attached hydrogen (secondary N) is 1. The van der Waals surface area contributed by atoms with Gasteiger partial charge in [0.15, 0.2) is 0 Å². The van der Waals surface area contributed by atoms with Crippen molar-refractivity contribution < 1.29 is 19.4 Å². The number of aryl methyl sites for hydroxylation is 1. The number of aromatic carboxylic acids is 1. The first-order valence-electron chi connectivity index (χ1n) is 6.26. The Morgan fingerprint density at radius 2 is 2.11 bits per heavy atom. The Morgan fingerprint density at radius 3 is 2.74 bits per heavy atom. The fraction of sp³-hybridized carbons (Fsp3) is 0.429. The Morgan fingerprint density at radius 1 is 1.37 bits per heavy atom. The van der Waals surface area contributed by atoms with E-state index in [2.05, 4.69) is 5.32 Å². The minimum Gasteiger partial charge on any atom is -0.478 e. The van der Waals surface area contributed by atoms with Gasteiger partial charge in [0.05, 0.1) is 11.3 Å². The molecular weight excluding hydrogens is 246 g/mol. The molecule has 0 heterocycles. The van der Waals surface area contributed by atoms with Crippen molar-refractivity contribution in [2.75, 3.05) is 18.5 Å². The third kappa shape index (κ3) is 5.09. The van der Waals surface area contributed by atoms with Crippen molar-refractivity contribution in [1.82, 2.24) is 0 Å². The van der Waals surface area contributed by atoms with E-state index in [4.69, 9.17) is 9.84 Å². The molecule has 0 aromatic heterocycles. The van der Waals surface area contributed by atoms with Crippen LogP contribution in [0.15, 0.2) is 18.2 Å². The summed E-state index contributed by atoms with van der Waals surface area (Å²) in [6.45, 7) is 4.86. The number of amides is 1. The Balaban J connectivity index is 2.61. The lowest BCUT2D eigenvalue weighted by Gasteiger charge is -2.09. The number of carbonyl (C=O) groups is 2. The molecule has 0 unspecified atom stereocenters. The van der Waals surface area contributed by atoms with Gasteiger partial charge in [-0.25, -0.2) is 4.79 Å². The molecule has 1 rings (SSSR count). The van der Waals surface area contributed by atoms with E-state index in [9.17, 15) is 9.59 Å². The Labute approximate surface area is 112 Å². The predicted molar refractivity (Wildman–Crippen MR) is 72.5 cm³/mol. The normalized spacial score (nSPS) is 10.2. The van der Waals surface area contributed by atoms with Crippen LogP contribution in [0.3, 0.4) is 0 Å². The van der Waals surface area contributed by atoms with Crippen LogP contribution in [0, 0.1) is 6.92 Å². The maximum Gasteiger partial charge on any atom is 0.337 e. The molecule has 0 aliphatic heterocycles. The Hall–Kier alpha value is -1.88. The number of carbonyl (C=O) groups excluding carboxylic acids is 1. The number of rotatable bonds is 7. The van der Waals surface area contributed by atoms with Gasteiger partial charge >= 0.3 is 5.97 Å². The average molecular weight is 265 g/mol. The van der Waals surface area contributed by atoms with E-state index in [1.165, 1.54) is 6.07 Å². The highest BCUT2D eigenvalue weighted by Gasteiger charge is 2.12. The number of hydrogen-bond donors (Lipinski definition) is 2. The van der Waals surface area contributed by atoms with Crippen LogP contribution in [0.25, 0.3) is 0 Å². The van der Waals surface area contributed by atoms with Crippen LogP contribution in [-0.2, 0) is 9.53 Å². The maximum absolute atomic E-state index is 11.7. The molecule has 0 aliphatic carbocycles. The summed E-state index contributed by atoms with van der Waals surface area (Å²) in [7, 11) is 0. The highest BCUT2D eigenvalue weighted by atomic mass is 16.5. The largest absolute Gasteiger partial charge is 0.478 e. The first-order chi connectivity index (χ1) is 9.04. The SMILES string of the molecule is CCOCCCC(=O)Nc1ccc(C)cc1C(=O)O. The van der Waals surface area contributed by atoms with Gasteiger partial charge in [0.2, 0.25) is 5.91 Å². The van der Waals surface area contributed by atoms with E-state index >= 15 is 0 Å². The van der Waals surface area contributed by atoms with Gasteiger partial charge in [-0.3, -0.25) is 4.79 Å². The molecule has 19 heavy (non-hydrogen) atoms. The Kier molecular flexibility index (Phi) is 6.02. The van der Waals surface area contributed by atoms with E-state index in [1.54, 1.807) is 19.1 Å². The molecule has 0 radical (unpaired) electrons. The zero-order chi connectivity index (χ0) is 14.3. The maximum atomic E-state index is 11.7. The number of hydrogen-bond acceptors (Lipinski definition) is 3. The van der Waals surface area contributed by atoms with Gasteiger partial charge in [-0.05, 0) is 32.4 Å². The van der Waals surface area contributed by atoms with Crippen molar-refractivity contribution in [3.05, 3.63) is 29.3 Å². The lowest BCUT2D eigenvalue weighted by molar-refractivity contribution is -0.116. The van der Waals surface area contributed by atoms with Crippen molar-refractivity contribution in [2.24, 2.45) is 0 Å². The monoisotopic (exact) mass is 265 g/mol. The lowest BCUT2D eigenvalue weighted by atomic mass is 10.1. The van der Waals surface area contributed by atoms with Crippen molar-refractivity contribution in [3.63, 3.8) is 0 Å². The summed E-state index contributed by atoms with van der Waals surface area (Å²) in [5.74, 6) is -1.25. The van der Waals surface area contributed by atoms with E-state index in [0.717, 1.165) is 5.56 Å². The number of ether oxygens (including phenoxy) is 1. The summed E-state index contributed by atoms with van der Waals surface area (Å²) < 4.78 is 5.14. The summed E-state index contributed by atoms with van der Waals surface area (Å²) >= 11 is 0.